The van der Waals surface area contributed by atoms with Crippen molar-refractivity contribution in [3.8, 4) is 5.75 Å². The summed E-state index contributed by atoms with van der Waals surface area (Å²) in [7, 11) is 0. The maximum Gasteiger partial charge on any atom is 0.223 e. The van der Waals surface area contributed by atoms with Crippen LogP contribution in [0.15, 0.2) is 24.4 Å². The predicted octanol–water partition coefficient (Wildman–Crippen LogP) is 3.10. The van der Waals surface area contributed by atoms with Crippen LogP contribution in [-0.2, 0) is 11.3 Å². The summed E-state index contributed by atoms with van der Waals surface area (Å²) in [6.45, 7) is 4.53. The number of fused-ring (bicyclic) bond motifs is 1. The lowest BCUT2D eigenvalue weighted by Crippen LogP contribution is -2.10. The van der Waals surface area contributed by atoms with Gasteiger partial charge in [-0.15, -0.1) is 0 Å². The third kappa shape index (κ3) is 2.45. The summed E-state index contributed by atoms with van der Waals surface area (Å²) in [5, 5.41) is 25.8. The normalized spacial score (nSPS) is 10.6. The van der Waals surface area contributed by atoms with E-state index in [9.17, 15) is 5.11 Å². The van der Waals surface area contributed by atoms with E-state index in [4.69, 9.17) is 15.6 Å². The zero-order valence-electron chi connectivity index (χ0n) is 11.0. The molecule has 19 heavy (non-hydrogen) atoms. The molecule has 3 N–H and O–H groups in total. The number of ether oxygens (including phenoxy) is 1. The molecule has 0 saturated carbocycles. The van der Waals surface area contributed by atoms with E-state index in [1.807, 2.05) is 24.6 Å². The second-order valence-electron chi connectivity index (χ2n) is 4.24. The standard InChI is InChI=1S/C14H17N3O2/c1-3-13(15)19-14(16)11-8-17(4-2)12-7-9(18)5-6-10(11)12/h5-8,15-16,18H,3-4H2,1-2H3. The fourth-order valence-electron chi connectivity index (χ4n) is 1.97. The first-order chi connectivity index (χ1) is 9.06. The van der Waals surface area contributed by atoms with Crippen LogP contribution in [0.4, 0.5) is 0 Å². The van der Waals surface area contributed by atoms with Gasteiger partial charge in [-0.25, -0.2) is 0 Å². The van der Waals surface area contributed by atoms with Crippen LogP contribution in [-0.4, -0.2) is 21.5 Å². The van der Waals surface area contributed by atoms with Crippen molar-refractivity contribution in [2.45, 2.75) is 26.8 Å². The van der Waals surface area contributed by atoms with Crippen LogP contribution >= 0.6 is 0 Å². The van der Waals surface area contributed by atoms with Gasteiger partial charge in [-0.3, -0.25) is 10.8 Å². The number of aryl methyl sites for hydroxylation is 1. The fourth-order valence-corrected chi connectivity index (χ4v) is 1.97. The second kappa shape index (κ2) is 5.14. The van der Waals surface area contributed by atoms with Gasteiger partial charge in [0.2, 0.25) is 5.90 Å². The van der Waals surface area contributed by atoms with E-state index in [0.717, 1.165) is 17.4 Å². The Morgan fingerprint density at radius 2 is 2.05 bits per heavy atom. The molecule has 0 fully saturated rings. The van der Waals surface area contributed by atoms with E-state index in [0.29, 0.717) is 12.0 Å². The van der Waals surface area contributed by atoms with Crippen LogP contribution in [0.1, 0.15) is 25.8 Å². The van der Waals surface area contributed by atoms with Crippen molar-refractivity contribution in [3.05, 3.63) is 30.0 Å². The van der Waals surface area contributed by atoms with Crippen LogP contribution in [0.5, 0.6) is 5.75 Å². The molecule has 100 valence electrons. The predicted molar refractivity (Wildman–Crippen MR) is 75.2 cm³/mol. The third-order valence-corrected chi connectivity index (χ3v) is 3.00. The quantitative estimate of drug-likeness (QED) is 0.584. The summed E-state index contributed by atoms with van der Waals surface area (Å²) >= 11 is 0. The molecule has 0 bridgehead atoms. The molecule has 2 rings (SSSR count). The Kier molecular flexibility index (Phi) is 3.55. The Hall–Kier alpha value is -2.30. The third-order valence-electron chi connectivity index (χ3n) is 3.00. The highest BCUT2D eigenvalue weighted by molar-refractivity contribution is 6.09. The molecule has 0 aliphatic heterocycles. The first-order valence-corrected chi connectivity index (χ1v) is 6.22. The molecule has 0 saturated heterocycles. The van der Waals surface area contributed by atoms with Gasteiger partial charge in [0.15, 0.2) is 5.90 Å². The van der Waals surface area contributed by atoms with Gasteiger partial charge in [-0.2, -0.15) is 0 Å². The summed E-state index contributed by atoms with van der Waals surface area (Å²) in [4.78, 5) is 0. The number of hydrogen-bond acceptors (Lipinski definition) is 4. The minimum Gasteiger partial charge on any atom is -0.508 e. The van der Waals surface area contributed by atoms with Gasteiger partial charge in [0.1, 0.15) is 5.75 Å². The van der Waals surface area contributed by atoms with Gasteiger partial charge >= 0.3 is 0 Å². The topological polar surface area (TPSA) is 82.1 Å². The van der Waals surface area contributed by atoms with E-state index in [1.54, 1.807) is 18.2 Å². The number of phenolic OH excluding ortho intramolecular Hbond substituents is 1. The molecule has 0 atom stereocenters. The number of aromatic nitrogens is 1. The Balaban J connectivity index is 2.49. The number of aromatic hydroxyl groups is 1. The minimum absolute atomic E-state index is 0.0326. The van der Waals surface area contributed by atoms with E-state index in [-0.39, 0.29) is 17.5 Å². The van der Waals surface area contributed by atoms with Gasteiger partial charge in [0.05, 0.1) is 11.1 Å². The van der Waals surface area contributed by atoms with Crippen molar-refractivity contribution in [1.82, 2.24) is 4.57 Å². The lowest BCUT2D eigenvalue weighted by Gasteiger charge is -2.05. The highest BCUT2D eigenvalue weighted by atomic mass is 16.5. The fraction of sp³-hybridized carbons (Fsp3) is 0.286. The average molecular weight is 259 g/mol. The van der Waals surface area contributed by atoms with E-state index < -0.39 is 0 Å². The van der Waals surface area contributed by atoms with Crippen LogP contribution in [0.3, 0.4) is 0 Å². The van der Waals surface area contributed by atoms with Gasteiger partial charge < -0.3 is 14.4 Å². The van der Waals surface area contributed by atoms with Crippen molar-refractivity contribution < 1.29 is 9.84 Å². The molecule has 5 nitrogen and oxygen atoms in total. The number of nitrogens with one attached hydrogen (secondary N) is 2. The van der Waals surface area contributed by atoms with E-state index in [1.165, 1.54) is 0 Å². The van der Waals surface area contributed by atoms with Crippen molar-refractivity contribution in [2.75, 3.05) is 0 Å². The molecule has 5 heteroatoms. The molecule has 2 aromatic rings. The SMILES string of the molecule is CCC(=N)OC(=N)c1cn(CC)c2cc(O)ccc12. The number of phenols is 1. The molecule has 0 aliphatic rings. The molecule has 0 unspecified atom stereocenters. The van der Waals surface area contributed by atoms with Crippen molar-refractivity contribution in [1.29, 1.82) is 10.8 Å². The molecule has 1 aromatic carbocycles. The molecule has 0 radical (unpaired) electrons. The van der Waals surface area contributed by atoms with E-state index >= 15 is 0 Å². The summed E-state index contributed by atoms with van der Waals surface area (Å²) in [5.41, 5.74) is 1.49. The lowest BCUT2D eigenvalue weighted by molar-refractivity contribution is 0.476. The highest BCUT2D eigenvalue weighted by Crippen LogP contribution is 2.26. The molecule has 0 amide bonds. The average Bonchev–Trinajstić information content (AvgIpc) is 2.76. The van der Waals surface area contributed by atoms with Crippen LogP contribution in [0.25, 0.3) is 10.9 Å². The largest absolute Gasteiger partial charge is 0.508 e. The maximum atomic E-state index is 9.55. The molecule has 1 heterocycles. The molecule has 0 spiro atoms. The summed E-state index contributed by atoms with van der Waals surface area (Å²) in [6.07, 6.45) is 2.27. The Morgan fingerprint density at radius 3 is 2.68 bits per heavy atom. The summed E-state index contributed by atoms with van der Waals surface area (Å²) < 4.78 is 7.11. The van der Waals surface area contributed by atoms with Crippen molar-refractivity contribution >= 4 is 22.7 Å². The summed E-state index contributed by atoms with van der Waals surface area (Å²) in [6, 6.07) is 5.02. The number of hydrogen-bond donors (Lipinski definition) is 3. The first-order valence-electron chi connectivity index (χ1n) is 6.22. The number of benzene rings is 1. The maximum absolute atomic E-state index is 9.55. The van der Waals surface area contributed by atoms with E-state index in [2.05, 4.69) is 0 Å². The monoisotopic (exact) mass is 259 g/mol. The Bertz CT molecular complexity index is 643. The second-order valence-corrected chi connectivity index (χ2v) is 4.24. The minimum atomic E-state index is -0.0326. The Morgan fingerprint density at radius 1 is 1.32 bits per heavy atom. The van der Waals surface area contributed by atoms with Gasteiger partial charge in [0.25, 0.3) is 0 Å². The highest BCUT2D eigenvalue weighted by Gasteiger charge is 2.14. The zero-order chi connectivity index (χ0) is 14.0. The van der Waals surface area contributed by atoms with Gasteiger partial charge in [0, 0.05) is 30.6 Å². The summed E-state index contributed by atoms with van der Waals surface area (Å²) in [5.74, 6) is 0.233. The Labute approximate surface area is 111 Å². The zero-order valence-corrected chi connectivity index (χ0v) is 11.0. The van der Waals surface area contributed by atoms with Gasteiger partial charge in [-0.1, -0.05) is 6.92 Å². The van der Waals surface area contributed by atoms with Crippen molar-refractivity contribution in [2.24, 2.45) is 0 Å². The first kappa shape index (κ1) is 13.1. The van der Waals surface area contributed by atoms with Crippen LogP contribution < -0.4 is 0 Å². The van der Waals surface area contributed by atoms with Crippen LogP contribution in [0, 0.1) is 10.8 Å². The van der Waals surface area contributed by atoms with Crippen LogP contribution in [0.2, 0.25) is 0 Å². The molecular weight excluding hydrogens is 242 g/mol. The number of nitrogens with zero attached hydrogens (tertiary/aromatic N) is 1. The smallest absolute Gasteiger partial charge is 0.223 e. The number of rotatable bonds is 3. The molecule has 0 aliphatic carbocycles. The van der Waals surface area contributed by atoms with Crippen molar-refractivity contribution in [3.63, 3.8) is 0 Å². The molecular formula is C14H17N3O2. The lowest BCUT2D eigenvalue weighted by atomic mass is 10.1. The molecule has 1 aromatic heterocycles. The van der Waals surface area contributed by atoms with Gasteiger partial charge in [-0.05, 0) is 19.1 Å².